The number of ketones is 1. The zero-order valence-electron chi connectivity index (χ0n) is 12.4. The van der Waals surface area contributed by atoms with Gasteiger partial charge in [-0.05, 0) is 12.8 Å². The van der Waals surface area contributed by atoms with Crippen LogP contribution >= 0.6 is 0 Å². The summed E-state index contributed by atoms with van der Waals surface area (Å²) in [6.45, 7) is 4.27. The molecule has 1 aliphatic rings. The molecule has 2 atom stereocenters. The molecule has 1 fully saturated rings. The van der Waals surface area contributed by atoms with Crippen molar-refractivity contribution >= 4 is 5.78 Å². The van der Waals surface area contributed by atoms with Crippen LogP contribution in [-0.2, 0) is 4.79 Å². The van der Waals surface area contributed by atoms with Gasteiger partial charge in [0.05, 0.1) is 5.92 Å². The molecule has 1 saturated carbocycles. The average Bonchev–Trinajstić information content (AvgIpc) is 3.01. The van der Waals surface area contributed by atoms with Gasteiger partial charge in [0.25, 0.3) is 5.92 Å². The van der Waals surface area contributed by atoms with Crippen LogP contribution in [0, 0.1) is 11.8 Å². The van der Waals surface area contributed by atoms with E-state index in [1.807, 2.05) is 0 Å². The highest BCUT2D eigenvalue weighted by atomic mass is 19.3. The molecule has 0 heterocycles. The first-order valence-corrected chi connectivity index (χ1v) is 7.94. The lowest BCUT2D eigenvalue weighted by Crippen LogP contribution is -2.19. The molecule has 0 aromatic rings. The number of hydrogen-bond acceptors (Lipinski definition) is 1. The molecule has 1 rings (SSSR count). The fourth-order valence-corrected chi connectivity index (χ4v) is 2.69. The lowest BCUT2D eigenvalue weighted by molar-refractivity contribution is -0.126. The summed E-state index contributed by atoms with van der Waals surface area (Å²) >= 11 is 0. The van der Waals surface area contributed by atoms with Gasteiger partial charge in [-0.1, -0.05) is 58.8 Å². The first kappa shape index (κ1) is 16.6. The van der Waals surface area contributed by atoms with Crippen molar-refractivity contribution in [3.05, 3.63) is 0 Å². The molecule has 0 radical (unpaired) electrons. The molecule has 0 spiro atoms. The molecule has 0 aliphatic heterocycles. The summed E-state index contributed by atoms with van der Waals surface area (Å²) in [6, 6.07) is 0. The molecular weight excluding hydrogens is 246 g/mol. The molecule has 0 aromatic heterocycles. The Kier molecular flexibility index (Phi) is 6.95. The van der Waals surface area contributed by atoms with Crippen molar-refractivity contribution in [1.82, 2.24) is 0 Å². The van der Waals surface area contributed by atoms with E-state index >= 15 is 0 Å². The van der Waals surface area contributed by atoms with E-state index in [0.717, 1.165) is 51.4 Å². The molecule has 2 unspecified atom stereocenters. The number of unbranched alkanes of at least 4 members (excludes halogenated alkanes) is 5. The quantitative estimate of drug-likeness (QED) is 0.462. The second-order valence-electron chi connectivity index (χ2n) is 5.96. The highest BCUT2D eigenvalue weighted by Crippen LogP contribution is 2.50. The summed E-state index contributed by atoms with van der Waals surface area (Å²) in [4.78, 5) is 12.1. The van der Waals surface area contributed by atoms with Crippen LogP contribution in [-0.4, -0.2) is 11.7 Å². The minimum atomic E-state index is -2.69. The summed E-state index contributed by atoms with van der Waals surface area (Å²) in [6.07, 6.45) is 9.09. The van der Waals surface area contributed by atoms with Gasteiger partial charge in [-0.2, -0.15) is 0 Å². The lowest BCUT2D eigenvalue weighted by Gasteiger charge is -2.15. The van der Waals surface area contributed by atoms with Crippen LogP contribution in [0.25, 0.3) is 0 Å². The predicted octanol–water partition coefficient (Wildman–Crippen LogP) is 5.38. The number of halogens is 2. The van der Waals surface area contributed by atoms with Crippen LogP contribution in [0.3, 0.4) is 0 Å². The minimum absolute atomic E-state index is 0.109. The number of alkyl halides is 2. The van der Waals surface area contributed by atoms with Gasteiger partial charge < -0.3 is 0 Å². The van der Waals surface area contributed by atoms with Crippen LogP contribution in [0.2, 0.25) is 0 Å². The lowest BCUT2D eigenvalue weighted by atomic mass is 9.89. The van der Waals surface area contributed by atoms with Gasteiger partial charge in [0.2, 0.25) is 0 Å². The molecule has 0 aromatic carbocycles. The van der Waals surface area contributed by atoms with Crippen LogP contribution in [0.15, 0.2) is 0 Å². The van der Waals surface area contributed by atoms with E-state index in [1.54, 1.807) is 0 Å². The fourth-order valence-electron chi connectivity index (χ4n) is 2.69. The topological polar surface area (TPSA) is 17.1 Å². The van der Waals surface area contributed by atoms with Crippen LogP contribution in [0.4, 0.5) is 8.78 Å². The number of rotatable bonds is 11. The van der Waals surface area contributed by atoms with Crippen LogP contribution in [0.5, 0.6) is 0 Å². The normalized spacial score (nSPS) is 22.2. The number of carbonyl (C=O) groups excluding carboxylic acids is 1. The van der Waals surface area contributed by atoms with Crippen molar-refractivity contribution in [2.75, 3.05) is 0 Å². The van der Waals surface area contributed by atoms with Crippen LogP contribution in [0.1, 0.15) is 78.1 Å². The van der Waals surface area contributed by atoms with Gasteiger partial charge in [0.15, 0.2) is 0 Å². The Morgan fingerprint density at radius 1 is 1.05 bits per heavy atom. The summed E-state index contributed by atoms with van der Waals surface area (Å²) in [5.41, 5.74) is 0. The maximum atomic E-state index is 13.0. The Balaban J connectivity index is 2.37. The summed E-state index contributed by atoms with van der Waals surface area (Å²) in [7, 11) is 0. The van der Waals surface area contributed by atoms with Crippen LogP contribution < -0.4 is 0 Å². The second kappa shape index (κ2) is 7.96. The van der Waals surface area contributed by atoms with Gasteiger partial charge in [-0.25, -0.2) is 8.78 Å². The molecule has 0 amide bonds. The highest BCUT2D eigenvalue weighted by Gasteiger charge is 2.61. The predicted molar refractivity (Wildman–Crippen MR) is 74.5 cm³/mol. The fraction of sp³-hybridized carbons (Fsp3) is 0.938. The van der Waals surface area contributed by atoms with Gasteiger partial charge >= 0.3 is 0 Å². The Bertz CT molecular complexity index is 276. The zero-order valence-corrected chi connectivity index (χ0v) is 12.4. The van der Waals surface area contributed by atoms with Crippen molar-refractivity contribution < 1.29 is 13.6 Å². The summed E-state index contributed by atoms with van der Waals surface area (Å²) in [5, 5.41) is 0. The standard InChI is InChI=1S/C16H28F2O/c1-3-5-7-9-11-13(10-8-6-4-2)15(19)14-12-16(14,17)18/h13-14H,3-12H2,1-2H3. The second-order valence-corrected chi connectivity index (χ2v) is 5.96. The smallest absolute Gasteiger partial charge is 0.258 e. The Labute approximate surface area is 116 Å². The summed E-state index contributed by atoms with van der Waals surface area (Å²) in [5.74, 6) is -3.91. The van der Waals surface area contributed by atoms with Crippen molar-refractivity contribution in [2.45, 2.75) is 84.0 Å². The summed E-state index contributed by atoms with van der Waals surface area (Å²) < 4.78 is 26.0. The third-order valence-corrected chi connectivity index (χ3v) is 4.13. The van der Waals surface area contributed by atoms with Gasteiger partial charge in [0.1, 0.15) is 5.78 Å². The molecule has 0 bridgehead atoms. The van der Waals surface area contributed by atoms with E-state index in [4.69, 9.17) is 0 Å². The van der Waals surface area contributed by atoms with Crippen molar-refractivity contribution in [3.8, 4) is 0 Å². The number of Topliss-reactive ketones (excluding diaryl/α,β-unsaturated/α-hetero) is 1. The molecule has 1 nitrogen and oxygen atoms in total. The third-order valence-electron chi connectivity index (χ3n) is 4.13. The molecular formula is C16H28F2O. The van der Waals surface area contributed by atoms with Gasteiger partial charge in [-0.15, -0.1) is 0 Å². The van der Waals surface area contributed by atoms with Crippen molar-refractivity contribution in [1.29, 1.82) is 0 Å². The number of carbonyl (C=O) groups is 1. The van der Waals surface area contributed by atoms with E-state index in [2.05, 4.69) is 13.8 Å². The first-order valence-electron chi connectivity index (χ1n) is 7.94. The monoisotopic (exact) mass is 274 g/mol. The van der Waals surface area contributed by atoms with E-state index in [1.165, 1.54) is 6.42 Å². The third kappa shape index (κ3) is 5.58. The van der Waals surface area contributed by atoms with E-state index in [-0.39, 0.29) is 18.1 Å². The zero-order chi connectivity index (χ0) is 14.3. The molecule has 1 aliphatic carbocycles. The SMILES string of the molecule is CCCCCCC(CCCCC)C(=O)C1CC1(F)F. The van der Waals surface area contributed by atoms with Crippen molar-refractivity contribution in [2.24, 2.45) is 11.8 Å². The van der Waals surface area contributed by atoms with E-state index < -0.39 is 11.8 Å². The maximum Gasteiger partial charge on any atom is 0.258 e. The van der Waals surface area contributed by atoms with Gasteiger partial charge in [-0.3, -0.25) is 4.79 Å². The molecule has 0 N–H and O–H groups in total. The van der Waals surface area contributed by atoms with E-state index in [9.17, 15) is 13.6 Å². The molecule has 3 heteroatoms. The Morgan fingerprint density at radius 2 is 1.53 bits per heavy atom. The minimum Gasteiger partial charge on any atom is -0.299 e. The first-order chi connectivity index (χ1) is 9.03. The molecule has 19 heavy (non-hydrogen) atoms. The maximum absolute atomic E-state index is 13.0. The van der Waals surface area contributed by atoms with Gasteiger partial charge in [0, 0.05) is 12.3 Å². The molecule has 0 saturated heterocycles. The number of hydrogen-bond donors (Lipinski definition) is 0. The Hall–Kier alpha value is -0.470. The Morgan fingerprint density at radius 3 is 2.00 bits per heavy atom. The largest absolute Gasteiger partial charge is 0.299 e. The van der Waals surface area contributed by atoms with Crippen molar-refractivity contribution in [3.63, 3.8) is 0 Å². The highest BCUT2D eigenvalue weighted by molar-refractivity contribution is 5.87. The molecule has 112 valence electrons. The average molecular weight is 274 g/mol. The van der Waals surface area contributed by atoms with E-state index in [0.29, 0.717) is 0 Å².